The molecule has 0 spiro atoms. The molecule has 14 heavy (non-hydrogen) atoms. The highest BCUT2D eigenvalue weighted by Gasteiger charge is 2.12. The first kappa shape index (κ1) is 10.3. The van der Waals surface area contributed by atoms with Gasteiger partial charge in [-0.3, -0.25) is 0 Å². The van der Waals surface area contributed by atoms with Gasteiger partial charge in [0.15, 0.2) is 0 Å². The van der Waals surface area contributed by atoms with E-state index in [0.717, 1.165) is 23.3 Å². The van der Waals surface area contributed by atoms with Crippen molar-refractivity contribution in [1.29, 1.82) is 0 Å². The van der Waals surface area contributed by atoms with Crippen LogP contribution in [0.4, 0.5) is 5.00 Å². The highest BCUT2D eigenvalue weighted by Crippen LogP contribution is 2.26. The number of rotatable bonds is 3. The molecule has 2 nitrogen and oxygen atoms in total. The standard InChI is InChI=1S/C10H15ClN2S/c11-9-3-4-10(14-9)13-7-8-2-1-5-12-6-8/h3-4,8,12-13H,1-2,5-7H2. The van der Waals surface area contributed by atoms with Crippen LogP contribution >= 0.6 is 22.9 Å². The molecule has 1 aromatic heterocycles. The largest absolute Gasteiger partial charge is 0.377 e. The number of thiophene rings is 1. The quantitative estimate of drug-likeness (QED) is 0.835. The summed E-state index contributed by atoms with van der Waals surface area (Å²) >= 11 is 7.46. The molecule has 78 valence electrons. The van der Waals surface area contributed by atoms with Gasteiger partial charge >= 0.3 is 0 Å². The summed E-state index contributed by atoms with van der Waals surface area (Å²) in [5, 5.41) is 8.02. The lowest BCUT2D eigenvalue weighted by atomic mass is 10.00. The number of hydrogen-bond acceptors (Lipinski definition) is 3. The van der Waals surface area contributed by atoms with E-state index in [9.17, 15) is 0 Å². The van der Waals surface area contributed by atoms with Crippen LogP contribution in [0.15, 0.2) is 12.1 Å². The zero-order chi connectivity index (χ0) is 9.80. The van der Waals surface area contributed by atoms with Crippen molar-refractivity contribution in [3.63, 3.8) is 0 Å². The van der Waals surface area contributed by atoms with E-state index >= 15 is 0 Å². The van der Waals surface area contributed by atoms with E-state index in [-0.39, 0.29) is 0 Å². The third-order valence-electron chi connectivity index (χ3n) is 2.54. The summed E-state index contributed by atoms with van der Waals surface area (Å²) in [6, 6.07) is 3.98. The molecule has 0 amide bonds. The molecule has 1 saturated heterocycles. The van der Waals surface area contributed by atoms with Gasteiger partial charge in [-0.1, -0.05) is 11.6 Å². The molecule has 1 aliphatic heterocycles. The van der Waals surface area contributed by atoms with Gasteiger partial charge in [0.2, 0.25) is 0 Å². The second-order valence-corrected chi connectivity index (χ2v) is 5.41. The van der Waals surface area contributed by atoms with Gasteiger partial charge in [0, 0.05) is 6.54 Å². The van der Waals surface area contributed by atoms with E-state index in [1.165, 1.54) is 24.4 Å². The van der Waals surface area contributed by atoms with Gasteiger partial charge in [-0.05, 0) is 44.0 Å². The highest BCUT2D eigenvalue weighted by atomic mass is 35.5. The Labute approximate surface area is 93.7 Å². The molecule has 2 rings (SSSR count). The molecule has 1 atom stereocenters. The Morgan fingerprint density at radius 2 is 2.50 bits per heavy atom. The maximum Gasteiger partial charge on any atom is 0.0950 e. The molecule has 1 aliphatic rings. The van der Waals surface area contributed by atoms with Gasteiger partial charge in [0.1, 0.15) is 0 Å². The summed E-state index contributed by atoms with van der Waals surface area (Å²) in [4.78, 5) is 0. The van der Waals surface area contributed by atoms with Crippen LogP contribution in [0.1, 0.15) is 12.8 Å². The minimum absolute atomic E-state index is 0.768. The van der Waals surface area contributed by atoms with Crippen molar-refractivity contribution in [2.24, 2.45) is 5.92 Å². The van der Waals surface area contributed by atoms with Gasteiger partial charge in [-0.15, -0.1) is 11.3 Å². The fourth-order valence-corrected chi connectivity index (χ4v) is 2.70. The molecule has 0 aromatic carbocycles. The van der Waals surface area contributed by atoms with Gasteiger partial charge in [0.25, 0.3) is 0 Å². The normalized spacial score (nSPS) is 22.2. The molecule has 4 heteroatoms. The van der Waals surface area contributed by atoms with Crippen molar-refractivity contribution in [3.05, 3.63) is 16.5 Å². The molecular weight excluding hydrogens is 216 g/mol. The van der Waals surface area contributed by atoms with Crippen LogP contribution in [0.25, 0.3) is 0 Å². The van der Waals surface area contributed by atoms with Crippen LogP contribution in [-0.4, -0.2) is 19.6 Å². The van der Waals surface area contributed by atoms with Crippen molar-refractivity contribution in [2.75, 3.05) is 25.0 Å². The van der Waals surface area contributed by atoms with Gasteiger partial charge in [-0.2, -0.15) is 0 Å². The smallest absolute Gasteiger partial charge is 0.0950 e. The first-order valence-electron chi connectivity index (χ1n) is 5.04. The van der Waals surface area contributed by atoms with Crippen molar-refractivity contribution in [3.8, 4) is 0 Å². The summed E-state index contributed by atoms with van der Waals surface area (Å²) in [5.41, 5.74) is 0. The van der Waals surface area contributed by atoms with E-state index in [2.05, 4.69) is 10.6 Å². The Morgan fingerprint density at radius 3 is 3.14 bits per heavy atom. The molecule has 1 unspecified atom stereocenters. The molecule has 1 aromatic rings. The first-order chi connectivity index (χ1) is 6.84. The topological polar surface area (TPSA) is 24.1 Å². The number of hydrogen-bond donors (Lipinski definition) is 2. The number of halogens is 1. The third kappa shape index (κ3) is 2.87. The lowest BCUT2D eigenvalue weighted by Gasteiger charge is -2.22. The van der Waals surface area contributed by atoms with Crippen LogP contribution in [-0.2, 0) is 0 Å². The molecule has 0 aliphatic carbocycles. The lowest BCUT2D eigenvalue weighted by molar-refractivity contribution is 0.393. The Bertz CT molecular complexity index is 281. The Morgan fingerprint density at radius 1 is 1.57 bits per heavy atom. The van der Waals surface area contributed by atoms with Crippen molar-refractivity contribution in [2.45, 2.75) is 12.8 Å². The zero-order valence-electron chi connectivity index (χ0n) is 8.05. The third-order valence-corrected chi connectivity index (χ3v) is 3.73. The van der Waals surface area contributed by atoms with Gasteiger partial charge in [-0.25, -0.2) is 0 Å². The van der Waals surface area contributed by atoms with E-state index in [0.29, 0.717) is 0 Å². The van der Waals surface area contributed by atoms with Crippen molar-refractivity contribution >= 4 is 27.9 Å². The average molecular weight is 231 g/mol. The van der Waals surface area contributed by atoms with E-state index in [1.807, 2.05) is 12.1 Å². The molecule has 2 N–H and O–H groups in total. The van der Waals surface area contributed by atoms with Gasteiger partial charge < -0.3 is 10.6 Å². The fraction of sp³-hybridized carbons (Fsp3) is 0.600. The second-order valence-electron chi connectivity index (χ2n) is 3.70. The van der Waals surface area contributed by atoms with E-state index in [1.54, 1.807) is 11.3 Å². The van der Waals surface area contributed by atoms with Crippen LogP contribution in [0.5, 0.6) is 0 Å². The van der Waals surface area contributed by atoms with Crippen LogP contribution in [0.2, 0.25) is 4.34 Å². The Hall–Kier alpha value is -0.250. The maximum atomic E-state index is 5.85. The molecular formula is C10H15ClN2S. The zero-order valence-corrected chi connectivity index (χ0v) is 9.63. The van der Waals surface area contributed by atoms with E-state index < -0.39 is 0 Å². The summed E-state index contributed by atoms with van der Waals surface area (Å²) in [7, 11) is 0. The van der Waals surface area contributed by atoms with Crippen LogP contribution < -0.4 is 10.6 Å². The fourth-order valence-electron chi connectivity index (χ4n) is 1.75. The Balaban J connectivity index is 1.76. The monoisotopic (exact) mass is 230 g/mol. The molecule has 1 fully saturated rings. The average Bonchev–Trinajstić information content (AvgIpc) is 2.63. The van der Waals surface area contributed by atoms with Crippen LogP contribution in [0.3, 0.4) is 0 Å². The summed E-state index contributed by atoms with van der Waals surface area (Å²) < 4.78 is 0.856. The molecule has 0 radical (unpaired) electrons. The molecule has 0 bridgehead atoms. The predicted octanol–water partition coefficient (Wildman–Crippen LogP) is 2.81. The summed E-state index contributed by atoms with van der Waals surface area (Å²) in [5.74, 6) is 0.768. The minimum atomic E-state index is 0.768. The molecule has 2 heterocycles. The predicted molar refractivity (Wildman–Crippen MR) is 63.4 cm³/mol. The summed E-state index contributed by atoms with van der Waals surface area (Å²) in [6.45, 7) is 3.39. The number of piperidine rings is 1. The summed E-state index contributed by atoms with van der Waals surface area (Å²) in [6.07, 6.45) is 2.64. The molecule has 0 saturated carbocycles. The second kappa shape index (κ2) is 5.01. The van der Waals surface area contributed by atoms with Crippen LogP contribution in [0, 0.1) is 5.92 Å². The highest BCUT2D eigenvalue weighted by molar-refractivity contribution is 7.19. The van der Waals surface area contributed by atoms with Crippen molar-refractivity contribution < 1.29 is 0 Å². The SMILES string of the molecule is Clc1ccc(NCC2CCCNC2)s1. The minimum Gasteiger partial charge on any atom is -0.377 e. The number of anilines is 1. The van der Waals surface area contributed by atoms with E-state index in [4.69, 9.17) is 11.6 Å². The van der Waals surface area contributed by atoms with Crippen molar-refractivity contribution in [1.82, 2.24) is 5.32 Å². The lowest BCUT2D eigenvalue weighted by Crippen LogP contribution is -2.33. The Kier molecular flexibility index (Phi) is 3.67. The maximum absolute atomic E-state index is 5.85. The van der Waals surface area contributed by atoms with Gasteiger partial charge in [0.05, 0.1) is 9.34 Å². The first-order valence-corrected chi connectivity index (χ1v) is 6.24. The number of nitrogens with one attached hydrogen (secondary N) is 2.